The van der Waals surface area contributed by atoms with Crippen LogP contribution in [0.5, 0.6) is 5.75 Å². The van der Waals surface area contributed by atoms with E-state index in [1.54, 1.807) is 0 Å². The summed E-state index contributed by atoms with van der Waals surface area (Å²) in [5, 5.41) is 11.0. The number of piperidine rings is 1. The van der Waals surface area contributed by atoms with Gasteiger partial charge in [-0.05, 0) is 37.6 Å². The molecule has 21 heavy (non-hydrogen) atoms. The highest BCUT2D eigenvalue weighted by Crippen LogP contribution is 2.41. The van der Waals surface area contributed by atoms with Gasteiger partial charge >= 0.3 is 0 Å². The summed E-state index contributed by atoms with van der Waals surface area (Å²) in [4.78, 5) is 2.19. The highest BCUT2D eigenvalue weighted by molar-refractivity contribution is 5.35. The minimum Gasteiger partial charge on any atom is -0.494 e. The lowest BCUT2D eigenvalue weighted by atomic mass is 9.77. The van der Waals surface area contributed by atoms with Crippen molar-refractivity contribution in [3.05, 3.63) is 29.3 Å². The molecule has 2 saturated heterocycles. The van der Waals surface area contributed by atoms with Crippen LogP contribution < -0.4 is 4.74 Å². The van der Waals surface area contributed by atoms with Gasteiger partial charge in [0.15, 0.2) is 11.6 Å². The van der Waals surface area contributed by atoms with Gasteiger partial charge in [-0.1, -0.05) is 0 Å². The first kappa shape index (κ1) is 14.7. The number of fused-ring (bicyclic) bond motifs is 2. The molecule has 0 amide bonds. The van der Waals surface area contributed by atoms with Gasteiger partial charge in [-0.3, -0.25) is 4.90 Å². The van der Waals surface area contributed by atoms with Gasteiger partial charge in [0.1, 0.15) is 0 Å². The molecule has 0 aromatic heterocycles. The number of likely N-dealkylation sites (N-methyl/N-ethyl adjacent to an activating group) is 1. The van der Waals surface area contributed by atoms with Crippen molar-refractivity contribution >= 4 is 0 Å². The van der Waals surface area contributed by atoms with Crippen molar-refractivity contribution in [2.75, 3.05) is 27.4 Å². The molecule has 0 saturated carbocycles. The van der Waals surface area contributed by atoms with E-state index in [-0.39, 0.29) is 17.8 Å². The highest BCUT2D eigenvalue weighted by Gasteiger charge is 2.46. The van der Waals surface area contributed by atoms with Crippen molar-refractivity contribution in [3.63, 3.8) is 0 Å². The van der Waals surface area contributed by atoms with Crippen LogP contribution in [0.15, 0.2) is 12.1 Å². The van der Waals surface area contributed by atoms with E-state index in [2.05, 4.69) is 4.90 Å². The van der Waals surface area contributed by atoms with Crippen LogP contribution in [-0.4, -0.2) is 49.5 Å². The maximum atomic E-state index is 13.7. The Hall–Kier alpha value is -1.24. The highest BCUT2D eigenvalue weighted by atomic mass is 19.2. The number of ether oxygens (including phenoxy) is 2. The molecule has 2 aliphatic rings. The number of aliphatic hydroxyl groups is 1. The van der Waals surface area contributed by atoms with Crippen molar-refractivity contribution in [1.29, 1.82) is 0 Å². The summed E-state index contributed by atoms with van der Waals surface area (Å²) in [6.07, 6.45) is 0.850. The number of halogens is 2. The fourth-order valence-corrected chi connectivity index (χ4v) is 3.36. The number of nitrogens with zero attached hydrogens (tertiary/aromatic N) is 1. The number of methoxy groups -OCH3 is 1. The number of hydrogen-bond donors (Lipinski definition) is 1. The molecule has 1 N–H and O–H groups in total. The van der Waals surface area contributed by atoms with Gasteiger partial charge in [-0.15, -0.1) is 0 Å². The van der Waals surface area contributed by atoms with Crippen LogP contribution in [0.1, 0.15) is 18.4 Å². The van der Waals surface area contributed by atoms with Crippen molar-refractivity contribution in [3.8, 4) is 5.75 Å². The van der Waals surface area contributed by atoms with Crippen LogP contribution in [0.3, 0.4) is 0 Å². The zero-order valence-electron chi connectivity index (χ0n) is 12.1. The molecular weight excluding hydrogens is 280 g/mol. The molecular formula is C15H19F2NO3. The fourth-order valence-electron chi connectivity index (χ4n) is 3.36. The second-order valence-corrected chi connectivity index (χ2v) is 5.92. The Morgan fingerprint density at radius 2 is 1.90 bits per heavy atom. The molecule has 6 heteroatoms. The third-order valence-electron chi connectivity index (χ3n) is 4.67. The van der Waals surface area contributed by atoms with Gasteiger partial charge in [-0.25, -0.2) is 4.39 Å². The second kappa shape index (κ2) is 5.19. The van der Waals surface area contributed by atoms with Crippen LogP contribution in [-0.2, 0) is 10.3 Å². The van der Waals surface area contributed by atoms with Crippen molar-refractivity contribution < 1.29 is 23.4 Å². The molecule has 2 fully saturated rings. The summed E-state index contributed by atoms with van der Waals surface area (Å²) in [7, 11) is 3.28. The van der Waals surface area contributed by atoms with Crippen LogP contribution in [0, 0.1) is 11.6 Å². The standard InChI is InChI=1S/C15H19F2NO3/c1-18-10-5-15(19,6-11(18)8-21-7-10)9-3-12(16)14(17)13(4-9)20-2/h3-4,10-11,19H,5-8H2,1-2H3. The predicted octanol–water partition coefficient (Wildman–Crippen LogP) is 1.65. The summed E-state index contributed by atoms with van der Waals surface area (Å²) < 4.78 is 37.6. The SMILES string of the molecule is COc1cc(C2(O)CC3COCC(C2)N3C)cc(F)c1F. The molecule has 1 aromatic carbocycles. The molecule has 4 nitrogen and oxygen atoms in total. The Balaban J connectivity index is 1.98. The zero-order valence-corrected chi connectivity index (χ0v) is 12.1. The predicted molar refractivity (Wildman–Crippen MR) is 72.2 cm³/mol. The third-order valence-corrected chi connectivity index (χ3v) is 4.67. The average Bonchev–Trinajstić information content (AvgIpc) is 2.43. The van der Waals surface area contributed by atoms with E-state index in [1.807, 2.05) is 7.05 Å². The lowest BCUT2D eigenvalue weighted by Crippen LogP contribution is -2.59. The van der Waals surface area contributed by atoms with Crippen molar-refractivity contribution in [1.82, 2.24) is 4.90 Å². The minimum absolute atomic E-state index is 0.0709. The summed E-state index contributed by atoms with van der Waals surface area (Å²) in [5.41, 5.74) is -0.823. The van der Waals surface area contributed by atoms with Gasteiger partial charge in [0.25, 0.3) is 0 Å². The Morgan fingerprint density at radius 3 is 2.48 bits per heavy atom. The Morgan fingerprint density at radius 1 is 1.29 bits per heavy atom. The maximum Gasteiger partial charge on any atom is 0.200 e. The van der Waals surface area contributed by atoms with Crippen LogP contribution in [0.4, 0.5) is 8.78 Å². The molecule has 116 valence electrons. The van der Waals surface area contributed by atoms with E-state index in [0.717, 1.165) is 6.07 Å². The molecule has 3 rings (SSSR count). The number of hydrogen-bond acceptors (Lipinski definition) is 4. The van der Waals surface area contributed by atoms with Crippen LogP contribution in [0.25, 0.3) is 0 Å². The van der Waals surface area contributed by atoms with Gasteiger partial charge in [-0.2, -0.15) is 4.39 Å². The van der Waals surface area contributed by atoms with Gasteiger partial charge in [0.2, 0.25) is 5.82 Å². The molecule has 2 heterocycles. The average molecular weight is 299 g/mol. The number of benzene rings is 1. The van der Waals surface area contributed by atoms with E-state index in [1.165, 1.54) is 13.2 Å². The molecule has 1 aromatic rings. The molecule has 0 radical (unpaired) electrons. The summed E-state index contributed by atoms with van der Waals surface area (Å²) in [6, 6.07) is 2.60. The van der Waals surface area contributed by atoms with Crippen LogP contribution >= 0.6 is 0 Å². The molecule has 0 aliphatic carbocycles. The first-order chi connectivity index (χ1) is 9.94. The van der Waals surface area contributed by atoms with E-state index < -0.39 is 17.2 Å². The molecule has 0 spiro atoms. The first-order valence-corrected chi connectivity index (χ1v) is 7.00. The maximum absolute atomic E-state index is 13.7. The van der Waals surface area contributed by atoms with Crippen molar-refractivity contribution in [2.24, 2.45) is 0 Å². The Bertz CT molecular complexity index is 538. The normalized spacial score (nSPS) is 33.0. The summed E-state index contributed by atoms with van der Waals surface area (Å²) in [5.74, 6) is -2.21. The topological polar surface area (TPSA) is 41.9 Å². The van der Waals surface area contributed by atoms with Gasteiger partial charge in [0.05, 0.1) is 25.9 Å². The van der Waals surface area contributed by atoms with E-state index in [4.69, 9.17) is 9.47 Å². The second-order valence-electron chi connectivity index (χ2n) is 5.92. The Kier molecular flexibility index (Phi) is 3.63. The minimum atomic E-state index is -1.19. The van der Waals surface area contributed by atoms with Crippen molar-refractivity contribution in [2.45, 2.75) is 30.5 Å². The van der Waals surface area contributed by atoms with E-state index in [0.29, 0.717) is 31.6 Å². The third kappa shape index (κ3) is 2.41. The summed E-state index contributed by atoms with van der Waals surface area (Å²) in [6.45, 7) is 1.08. The quantitative estimate of drug-likeness (QED) is 0.902. The molecule has 2 atom stereocenters. The molecule has 2 bridgehead atoms. The van der Waals surface area contributed by atoms with E-state index in [9.17, 15) is 13.9 Å². The lowest BCUT2D eigenvalue weighted by Gasteiger charge is -2.50. The first-order valence-electron chi connectivity index (χ1n) is 7.00. The number of rotatable bonds is 2. The lowest BCUT2D eigenvalue weighted by molar-refractivity contribution is -0.137. The largest absolute Gasteiger partial charge is 0.494 e. The van der Waals surface area contributed by atoms with Crippen LogP contribution in [0.2, 0.25) is 0 Å². The number of morpholine rings is 1. The molecule has 2 aliphatic heterocycles. The smallest absolute Gasteiger partial charge is 0.200 e. The molecule has 2 unspecified atom stereocenters. The zero-order chi connectivity index (χ0) is 15.2. The monoisotopic (exact) mass is 299 g/mol. The van der Waals surface area contributed by atoms with Gasteiger partial charge < -0.3 is 14.6 Å². The summed E-state index contributed by atoms with van der Waals surface area (Å²) >= 11 is 0. The van der Waals surface area contributed by atoms with E-state index >= 15 is 0 Å². The Labute approximate surface area is 122 Å². The fraction of sp³-hybridized carbons (Fsp3) is 0.600. The van der Waals surface area contributed by atoms with Gasteiger partial charge in [0, 0.05) is 12.1 Å².